The predicted octanol–water partition coefficient (Wildman–Crippen LogP) is 2.71. The molecule has 1 saturated heterocycles. The number of hydrogen-bond acceptors (Lipinski definition) is 5. The average molecular weight is 309 g/mol. The van der Waals surface area contributed by atoms with Crippen molar-refractivity contribution in [1.82, 2.24) is 5.32 Å². The van der Waals surface area contributed by atoms with Gasteiger partial charge < -0.3 is 19.5 Å². The quantitative estimate of drug-likeness (QED) is 0.818. The van der Waals surface area contributed by atoms with Crippen molar-refractivity contribution in [3.63, 3.8) is 0 Å². The highest BCUT2D eigenvalue weighted by Crippen LogP contribution is 2.35. The highest BCUT2D eigenvalue weighted by Gasteiger charge is 2.16. The molecule has 0 amide bonds. The molecule has 1 aromatic rings. The minimum Gasteiger partial charge on any atom is -0.486 e. The Hall–Kier alpha value is -0.910. The van der Waals surface area contributed by atoms with Crippen molar-refractivity contribution in [2.24, 2.45) is 0 Å². The van der Waals surface area contributed by atoms with E-state index < -0.39 is 0 Å². The van der Waals surface area contributed by atoms with Gasteiger partial charge in [0.25, 0.3) is 0 Å². The van der Waals surface area contributed by atoms with Gasteiger partial charge in [0, 0.05) is 29.8 Å². The van der Waals surface area contributed by atoms with E-state index in [0.29, 0.717) is 24.6 Å². The van der Waals surface area contributed by atoms with Crippen LogP contribution in [0.3, 0.4) is 0 Å². The van der Waals surface area contributed by atoms with Crippen LogP contribution in [-0.2, 0) is 4.74 Å². The molecule has 1 aromatic carbocycles. The van der Waals surface area contributed by atoms with Gasteiger partial charge in [0.05, 0.1) is 6.10 Å². The van der Waals surface area contributed by atoms with Crippen molar-refractivity contribution < 1.29 is 14.2 Å². The first-order valence-corrected chi connectivity index (χ1v) is 8.58. The van der Waals surface area contributed by atoms with Crippen LogP contribution in [0.2, 0.25) is 0 Å². The molecule has 0 spiro atoms. The third-order valence-electron chi connectivity index (χ3n) is 3.68. The SMILES string of the molecule is CC(CNCC1CCCO1)Sc1ccc2c(c1)OCCO2. The summed E-state index contributed by atoms with van der Waals surface area (Å²) < 4.78 is 16.8. The van der Waals surface area contributed by atoms with E-state index in [1.807, 2.05) is 17.8 Å². The van der Waals surface area contributed by atoms with Crippen LogP contribution >= 0.6 is 11.8 Å². The fourth-order valence-corrected chi connectivity index (χ4v) is 3.61. The van der Waals surface area contributed by atoms with Gasteiger partial charge in [-0.3, -0.25) is 0 Å². The van der Waals surface area contributed by atoms with Crippen molar-refractivity contribution in [2.45, 2.75) is 36.0 Å². The average Bonchev–Trinajstić information content (AvgIpc) is 3.00. The maximum absolute atomic E-state index is 5.62. The van der Waals surface area contributed by atoms with Crippen LogP contribution in [0, 0.1) is 0 Å². The van der Waals surface area contributed by atoms with Gasteiger partial charge in [-0.25, -0.2) is 0 Å². The maximum atomic E-state index is 5.62. The Morgan fingerprint density at radius 1 is 1.24 bits per heavy atom. The van der Waals surface area contributed by atoms with Crippen molar-refractivity contribution in [3.8, 4) is 11.5 Å². The van der Waals surface area contributed by atoms with Crippen molar-refractivity contribution in [3.05, 3.63) is 18.2 Å². The molecule has 0 aromatic heterocycles. The van der Waals surface area contributed by atoms with Gasteiger partial charge in [0.1, 0.15) is 13.2 Å². The minimum absolute atomic E-state index is 0.413. The number of benzene rings is 1. The summed E-state index contributed by atoms with van der Waals surface area (Å²) >= 11 is 1.86. The van der Waals surface area contributed by atoms with Crippen LogP contribution in [0.4, 0.5) is 0 Å². The highest BCUT2D eigenvalue weighted by atomic mass is 32.2. The molecule has 2 heterocycles. The number of rotatable bonds is 6. The molecule has 1 N–H and O–H groups in total. The van der Waals surface area contributed by atoms with E-state index in [9.17, 15) is 0 Å². The number of ether oxygens (including phenoxy) is 3. The Labute approximate surface area is 130 Å². The Bertz CT molecular complexity index is 463. The molecule has 3 rings (SSSR count). The molecule has 0 radical (unpaired) electrons. The maximum Gasteiger partial charge on any atom is 0.162 e. The van der Waals surface area contributed by atoms with E-state index in [1.165, 1.54) is 17.7 Å². The first-order chi connectivity index (χ1) is 10.3. The summed E-state index contributed by atoms with van der Waals surface area (Å²) in [6.07, 6.45) is 2.81. The molecule has 4 nitrogen and oxygen atoms in total. The lowest BCUT2D eigenvalue weighted by atomic mass is 10.2. The van der Waals surface area contributed by atoms with Gasteiger partial charge in [-0.1, -0.05) is 6.92 Å². The molecule has 2 aliphatic heterocycles. The summed E-state index contributed by atoms with van der Waals surface area (Å²) in [5.41, 5.74) is 0. The fourth-order valence-electron chi connectivity index (χ4n) is 2.62. The summed E-state index contributed by atoms with van der Waals surface area (Å²) in [4.78, 5) is 1.23. The lowest BCUT2D eigenvalue weighted by molar-refractivity contribution is 0.110. The molecular formula is C16H23NO3S. The van der Waals surface area contributed by atoms with E-state index in [-0.39, 0.29) is 0 Å². The Kier molecular flexibility index (Phi) is 5.27. The van der Waals surface area contributed by atoms with Crippen molar-refractivity contribution >= 4 is 11.8 Å². The minimum atomic E-state index is 0.413. The number of hydrogen-bond donors (Lipinski definition) is 1. The second-order valence-electron chi connectivity index (χ2n) is 5.53. The molecule has 116 valence electrons. The lowest BCUT2D eigenvalue weighted by Gasteiger charge is -2.20. The topological polar surface area (TPSA) is 39.7 Å². The van der Waals surface area contributed by atoms with Gasteiger partial charge >= 0.3 is 0 Å². The number of fused-ring (bicyclic) bond motifs is 1. The smallest absolute Gasteiger partial charge is 0.162 e. The second kappa shape index (κ2) is 7.38. The zero-order chi connectivity index (χ0) is 14.5. The molecule has 0 bridgehead atoms. The summed E-state index contributed by atoms with van der Waals surface area (Å²) in [5.74, 6) is 1.72. The second-order valence-corrected chi connectivity index (χ2v) is 7.04. The molecule has 0 saturated carbocycles. The van der Waals surface area contributed by atoms with Crippen LogP contribution in [0.25, 0.3) is 0 Å². The highest BCUT2D eigenvalue weighted by molar-refractivity contribution is 8.00. The molecule has 2 atom stereocenters. The third-order valence-corrected chi connectivity index (χ3v) is 4.77. The first-order valence-electron chi connectivity index (χ1n) is 7.70. The third kappa shape index (κ3) is 4.28. The van der Waals surface area contributed by atoms with Gasteiger partial charge in [-0.15, -0.1) is 11.8 Å². The van der Waals surface area contributed by atoms with Crippen LogP contribution in [0.15, 0.2) is 23.1 Å². The normalized spacial score (nSPS) is 22.2. The van der Waals surface area contributed by atoms with Crippen molar-refractivity contribution in [2.75, 3.05) is 32.9 Å². The Morgan fingerprint density at radius 2 is 2.10 bits per heavy atom. The molecule has 21 heavy (non-hydrogen) atoms. The van der Waals surface area contributed by atoms with E-state index in [1.54, 1.807) is 0 Å². The lowest BCUT2D eigenvalue weighted by Crippen LogP contribution is -2.30. The zero-order valence-corrected chi connectivity index (χ0v) is 13.3. The molecule has 5 heteroatoms. The van der Waals surface area contributed by atoms with E-state index >= 15 is 0 Å². The summed E-state index contributed by atoms with van der Waals surface area (Å²) in [6, 6.07) is 6.19. The van der Waals surface area contributed by atoms with Crippen LogP contribution in [-0.4, -0.2) is 44.3 Å². The number of nitrogens with one attached hydrogen (secondary N) is 1. The van der Waals surface area contributed by atoms with E-state index in [2.05, 4.69) is 24.4 Å². The van der Waals surface area contributed by atoms with Crippen LogP contribution in [0.5, 0.6) is 11.5 Å². The van der Waals surface area contributed by atoms with Crippen LogP contribution < -0.4 is 14.8 Å². The van der Waals surface area contributed by atoms with Crippen molar-refractivity contribution in [1.29, 1.82) is 0 Å². The van der Waals surface area contributed by atoms with Gasteiger partial charge in [-0.05, 0) is 31.0 Å². The molecule has 1 fully saturated rings. The first kappa shape index (κ1) is 15.0. The molecular weight excluding hydrogens is 286 g/mol. The van der Waals surface area contributed by atoms with Crippen LogP contribution in [0.1, 0.15) is 19.8 Å². The van der Waals surface area contributed by atoms with Gasteiger partial charge in [0.15, 0.2) is 11.5 Å². The van der Waals surface area contributed by atoms with Gasteiger partial charge in [0.2, 0.25) is 0 Å². The summed E-state index contributed by atoms with van der Waals surface area (Å²) in [6.45, 7) is 6.39. The molecule has 2 aliphatic rings. The van der Waals surface area contributed by atoms with E-state index in [0.717, 1.165) is 31.2 Å². The fraction of sp³-hybridized carbons (Fsp3) is 0.625. The Balaban J connectivity index is 1.44. The summed E-state index contributed by atoms with van der Waals surface area (Å²) in [7, 11) is 0. The molecule has 2 unspecified atom stereocenters. The standard InChI is InChI=1S/C16H23NO3S/c1-12(10-17-11-13-3-2-6-18-13)21-14-4-5-15-16(9-14)20-8-7-19-15/h4-5,9,12-13,17H,2-3,6-8,10-11H2,1H3. The van der Waals surface area contributed by atoms with E-state index in [4.69, 9.17) is 14.2 Å². The Morgan fingerprint density at radius 3 is 2.90 bits per heavy atom. The van der Waals surface area contributed by atoms with Gasteiger partial charge in [-0.2, -0.15) is 0 Å². The zero-order valence-electron chi connectivity index (χ0n) is 12.5. The molecule has 0 aliphatic carbocycles. The summed E-state index contributed by atoms with van der Waals surface area (Å²) in [5, 5.41) is 4.02. The monoisotopic (exact) mass is 309 g/mol. The number of thioether (sulfide) groups is 1. The largest absolute Gasteiger partial charge is 0.486 e. The predicted molar refractivity (Wildman–Crippen MR) is 84.6 cm³/mol.